The lowest BCUT2D eigenvalue weighted by Gasteiger charge is -2.17. The molecule has 17 heavy (non-hydrogen) atoms. The fourth-order valence-electron chi connectivity index (χ4n) is 1.68. The molecule has 0 aliphatic carbocycles. The number of nitrogens with zero attached hydrogens (tertiary/aromatic N) is 1. The zero-order valence-corrected chi connectivity index (χ0v) is 11.0. The molecule has 1 aromatic carbocycles. The quantitative estimate of drug-likeness (QED) is 0.857. The molecule has 0 unspecified atom stereocenters. The zero-order chi connectivity index (χ0) is 12.3. The van der Waals surface area contributed by atoms with Crippen molar-refractivity contribution in [3.8, 4) is 0 Å². The molecule has 0 aliphatic rings. The van der Waals surface area contributed by atoms with Crippen LogP contribution in [0.2, 0.25) is 0 Å². The molecular weight excluding hydrogens is 232 g/mol. The van der Waals surface area contributed by atoms with Gasteiger partial charge in [0.2, 0.25) is 0 Å². The number of aliphatic hydroxyl groups is 1. The van der Waals surface area contributed by atoms with Crippen LogP contribution >= 0.6 is 11.3 Å². The van der Waals surface area contributed by atoms with Gasteiger partial charge in [0.15, 0.2) is 5.13 Å². The van der Waals surface area contributed by atoms with Gasteiger partial charge in [-0.1, -0.05) is 37.3 Å². The van der Waals surface area contributed by atoms with E-state index in [-0.39, 0.29) is 12.5 Å². The summed E-state index contributed by atoms with van der Waals surface area (Å²) in [7, 11) is 0. The van der Waals surface area contributed by atoms with E-state index in [4.69, 9.17) is 0 Å². The van der Waals surface area contributed by atoms with Gasteiger partial charge in [0.1, 0.15) is 0 Å². The van der Waals surface area contributed by atoms with Crippen molar-refractivity contribution in [3.63, 3.8) is 0 Å². The highest BCUT2D eigenvalue weighted by Crippen LogP contribution is 2.25. The van der Waals surface area contributed by atoms with E-state index >= 15 is 0 Å². The van der Waals surface area contributed by atoms with Crippen molar-refractivity contribution in [1.29, 1.82) is 0 Å². The van der Waals surface area contributed by atoms with Crippen molar-refractivity contribution in [2.24, 2.45) is 11.8 Å². The number of rotatable bonds is 5. The van der Waals surface area contributed by atoms with Crippen molar-refractivity contribution < 1.29 is 5.11 Å². The summed E-state index contributed by atoms with van der Waals surface area (Å²) in [5, 5.41) is 13.5. The summed E-state index contributed by atoms with van der Waals surface area (Å²) in [5.74, 6) is 0.754. The highest BCUT2D eigenvalue weighted by molar-refractivity contribution is 7.22. The van der Waals surface area contributed by atoms with Gasteiger partial charge in [0.05, 0.1) is 10.2 Å². The molecule has 0 fully saturated rings. The number of thiazole rings is 1. The molecule has 0 amide bonds. The smallest absolute Gasteiger partial charge is 0.183 e. The van der Waals surface area contributed by atoms with Crippen LogP contribution in [0.15, 0.2) is 24.3 Å². The summed E-state index contributed by atoms with van der Waals surface area (Å²) in [4.78, 5) is 4.50. The second kappa shape index (κ2) is 5.47. The number of nitrogens with one attached hydrogen (secondary N) is 1. The predicted molar refractivity (Wildman–Crippen MR) is 73.5 cm³/mol. The molecule has 0 spiro atoms. The van der Waals surface area contributed by atoms with E-state index in [2.05, 4.69) is 30.2 Å². The Kier molecular flexibility index (Phi) is 3.97. The fourth-order valence-corrected chi connectivity index (χ4v) is 2.55. The van der Waals surface area contributed by atoms with E-state index in [1.165, 1.54) is 4.70 Å². The SMILES string of the molecule is CC(C)[C@H](CO)CNc1nc2ccccc2s1. The van der Waals surface area contributed by atoms with Crippen molar-refractivity contribution in [2.75, 3.05) is 18.5 Å². The largest absolute Gasteiger partial charge is 0.396 e. The molecule has 3 nitrogen and oxygen atoms in total. The molecule has 92 valence electrons. The minimum Gasteiger partial charge on any atom is -0.396 e. The number of aromatic nitrogens is 1. The van der Waals surface area contributed by atoms with Crippen molar-refractivity contribution in [3.05, 3.63) is 24.3 Å². The maximum absolute atomic E-state index is 9.26. The first-order valence-corrected chi connectivity index (χ1v) is 6.72. The number of aliphatic hydroxyl groups excluding tert-OH is 1. The first kappa shape index (κ1) is 12.3. The molecule has 1 aromatic heterocycles. The Morgan fingerprint density at radius 1 is 1.35 bits per heavy atom. The van der Waals surface area contributed by atoms with Crippen LogP contribution in [0.25, 0.3) is 10.2 Å². The first-order chi connectivity index (χ1) is 8.20. The second-order valence-electron chi connectivity index (χ2n) is 4.55. The number of benzene rings is 1. The van der Waals surface area contributed by atoms with Gasteiger partial charge in [0.25, 0.3) is 0 Å². The molecule has 4 heteroatoms. The predicted octanol–water partition coefficient (Wildman–Crippen LogP) is 2.97. The van der Waals surface area contributed by atoms with Gasteiger partial charge in [-0.3, -0.25) is 0 Å². The summed E-state index contributed by atoms with van der Waals surface area (Å²) in [5.41, 5.74) is 1.03. The second-order valence-corrected chi connectivity index (χ2v) is 5.58. The van der Waals surface area contributed by atoms with E-state index in [9.17, 15) is 5.11 Å². The average molecular weight is 250 g/mol. The normalized spacial score (nSPS) is 13.2. The van der Waals surface area contributed by atoms with E-state index in [0.29, 0.717) is 5.92 Å². The molecule has 0 saturated heterocycles. The Morgan fingerprint density at radius 3 is 2.76 bits per heavy atom. The Balaban J connectivity index is 2.03. The van der Waals surface area contributed by atoms with Gasteiger partial charge in [-0.25, -0.2) is 4.98 Å². The minimum absolute atomic E-state index is 0.218. The van der Waals surface area contributed by atoms with Gasteiger partial charge in [-0.2, -0.15) is 0 Å². The van der Waals surface area contributed by atoms with Crippen LogP contribution in [0.1, 0.15) is 13.8 Å². The number of hydrogen-bond acceptors (Lipinski definition) is 4. The maximum atomic E-state index is 9.26. The lowest BCUT2D eigenvalue weighted by molar-refractivity contribution is 0.198. The summed E-state index contributed by atoms with van der Waals surface area (Å²) in [6.45, 7) is 5.24. The third-order valence-corrected chi connectivity index (χ3v) is 3.98. The molecule has 0 radical (unpaired) electrons. The van der Waals surface area contributed by atoms with Gasteiger partial charge in [-0.05, 0) is 18.1 Å². The Morgan fingerprint density at radius 2 is 2.12 bits per heavy atom. The lowest BCUT2D eigenvalue weighted by Crippen LogP contribution is -2.22. The molecule has 0 aliphatic heterocycles. The molecule has 2 rings (SSSR count). The summed E-state index contributed by atoms with van der Waals surface area (Å²) >= 11 is 1.66. The van der Waals surface area contributed by atoms with Crippen molar-refractivity contribution in [2.45, 2.75) is 13.8 Å². The summed E-state index contributed by atoms with van der Waals surface area (Å²) in [6, 6.07) is 8.11. The summed E-state index contributed by atoms with van der Waals surface area (Å²) < 4.78 is 1.19. The molecule has 0 saturated carbocycles. The first-order valence-electron chi connectivity index (χ1n) is 5.91. The van der Waals surface area contributed by atoms with Gasteiger partial charge in [0, 0.05) is 19.1 Å². The third-order valence-electron chi connectivity index (χ3n) is 2.99. The standard InChI is InChI=1S/C13H18N2OS/c1-9(2)10(8-16)7-14-13-15-11-5-3-4-6-12(11)17-13/h3-6,9-10,16H,7-8H2,1-2H3,(H,14,15)/t10-/m0/s1. The van der Waals surface area contributed by atoms with E-state index in [0.717, 1.165) is 17.2 Å². The number of para-hydroxylation sites is 1. The van der Waals surface area contributed by atoms with Crippen LogP contribution in [-0.4, -0.2) is 23.2 Å². The van der Waals surface area contributed by atoms with E-state index in [1.54, 1.807) is 11.3 Å². The van der Waals surface area contributed by atoms with Crippen molar-refractivity contribution in [1.82, 2.24) is 4.98 Å². The highest BCUT2D eigenvalue weighted by Gasteiger charge is 2.12. The van der Waals surface area contributed by atoms with E-state index in [1.807, 2.05) is 18.2 Å². The maximum Gasteiger partial charge on any atom is 0.183 e. The van der Waals surface area contributed by atoms with Crippen LogP contribution < -0.4 is 5.32 Å². The molecule has 2 N–H and O–H groups in total. The van der Waals surface area contributed by atoms with Crippen LogP contribution in [0, 0.1) is 11.8 Å². The topological polar surface area (TPSA) is 45.1 Å². The monoisotopic (exact) mass is 250 g/mol. The number of anilines is 1. The lowest BCUT2D eigenvalue weighted by atomic mass is 9.97. The van der Waals surface area contributed by atoms with E-state index < -0.39 is 0 Å². The van der Waals surface area contributed by atoms with Crippen LogP contribution in [0.3, 0.4) is 0 Å². The molecule has 2 aromatic rings. The van der Waals surface area contributed by atoms with Crippen molar-refractivity contribution >= 4 is 26.7 Å². The Bertz CT molecular complexity index is 448. The van der Waals surface area contributed by atoms with Gasteiger partial charge < -0.3 is 10.4 Å². The number of hydrogen-bond donors (Lipinski definition) is 2. The molecule has 1 atom stereocenters. The molecule has 0 bridgehead atoms. The molecule has 1 heterocycles. The molecular formula is C13H18N2OS. The fraction of sp³-hybridized carbons (Fsp3) is 0.462. The van der Waals surface area contributed by atoms with Gasteiger partial charge in [-0.15, -0.1) is 0 Å². The average Bonchev–Trinajstić information content (AvgIpc) is 2.71. The highest BCUT2D eigenvalue weighted by atomic mass is 32.1. The third kappa shape index (κ3) is 2.96. The van der Waals surface area contributed by atoms with Crippen LogP contribution in [0.4, 0.5) is 5.13 Å². The number of fused-ring (bicyclic) bond motifs is 1. The zero-order valence-electron chi connectivity index (χ0n) is 10.2. The van der Waals surface area contributed by atoms with Gasteiger partial charge >= 0.3 is 0 Å². The minimum atomic E-state index is 0.218. The van der Waals surface area contributed by atoms with Crippen LogP contribution in [0.5, 0.6) is 0 Å². The Labute approximate surface area is 106 Å². The summed E-state index contributed by atoms with van der Waals surface area (Å²) in [6.07, 6.45) is 0. The van der Waals surface area contributed by atoms with Crippen LogP contribution in [-0.2, 0) is 0 Å². The Hall–Kier alpha value is -1.13.